The van der Waals surface area contributed by atoms with Crippen LogP contribution in [0.2, 0.25) is 0 Å². The van der Waals surface area contributed by atoms with E-state index in [2.05, 4.69) is 36.1 Å². The number of benzene rings is 2. The number of hydrogen-bond donors (Lipinski definition) is 0. The summed E-state index contributed by atoms with van der Waals surface area (Å²) in [5.74, 6) is 1.61. The van der Waals surface area contributed by atoms with Crippen LogP contribution in [0.4, 0.5) is 0 Å². The highest BCUT2D eigenvalue weighted by atomic mass is 16.5. The quantitative estimate of drug-likeness (QED) is 0.668. The minimum Gasteiger partial charge on any atom is -0.493 e. The van der Waals surface area contributed by atoms with E-state index >= 15 is 0 Å². The zero-order chi connectivity index (χ0) is 21.5. The number of hydrogen-bond acceptors (Lipinski definition) is 5. The number of carbonyl (C=O) groups is 1. The fourth-order valence-electron chi connectivity index (χ4n) is 3.98. The van der Waals surface area contributed by atoms with Crippen molar-refractivity contribution >= 4 is 5.91 Å². The number of likely N-dealkylation sites (N-methyl/N-ethyl adjacent to an activating group) is 1. The van der Waals surface area contributed by atoms with Crippen LogP contribution in [0, 0.1) is 6.92 Å². The number of piperazine rings is 1. The molecule has 3 rings (SSSR count). The van der Waals surface area contributed by atoms with Gasteiger partial charge in [0, 0.05) is 44.8 Å². The van der Waals surface area contributed by atoms with E-state index in [-0.39, 0.29) is 5.91 Å². The van der Waals surface area contributed by atoms with Crippen molar-refractivity contribution in [2.24, 2.45) is 0 Å². The predicted octanol–water partition coefficient (Wildman–Crippen LogP) is 2.79. The van der Waals surface area contributed by atoms with Crippen LogP contribution in [0.1, 0.15) is 16.7 Å². The van der Waals surface area contributed by atoms with Gasteiger partial charge in [-0.3, -0.25) is 14.6 Å². The van der Waals surface area contributed by atoms with Crippen molar-refractivity contribution in [2.75, 3.05) is 54.0 Å². The molecule has 0 unspecified atom stereocenters. The number of ether oxygens (including phenoxy) is 2. The molecular weight excluding hydrogens is 378 g/mol. The van der Waals surface area contributed by atoms with Gasteiger partial charge in [0.25, 0.3) is 0 Å². The largest absolute Gasteiger partial charge is 0.493 e. The second kappa shape index (κ2) is 10.5. The van der Waals surface area contributed by atoms with E-state index in [0.29, 0.717) is 18.8 Å². The standard InChI is InChI=1S/C24H33N3O3/c1-19-7-5-8-20(15-19)16-26-11-13-27(14-12-26)23(28)18-25(2)17-21-9-6-10-22(29-3)24(21)30-4/h5-10,15H,11-14,16-18H2,1-4H3. The molecule has 2 aromatic rings. The Labute approximate surface area is 180 Å². The van der Waals surface area contributed by atoms with E-state index in [1.807, 2.05) is 35.0 Å². The van der Waals surface area contributed by atoms with Crippen molar-refractivity contribution < 1.29 is 14.3 Å². The van der Waals surface area contributed by atoms with Gasteiger partial charge >= 0.3 is 0 Å². The SMILES string of the molecule is COc1cccc(CN(C)CC(=O)N2CCN(Cc3cccc(C)c3)CC2)c1OC. The lowest BCUT2D eigenvalue weighted by Crippen LogP contribution is -2.50. The first-order valence-electron chi connectivity index (χ1n) is 10.4. The summed E-state index contributed by atoms with van der Waals surface area (Å²) >= 11 is 0. The topological polar surface area (TPSA) is 45.2 Å². The van der Waals surface area contributed by atoms with Gasteiger partial charge in [-0.25, -0.2) is 0 Å². The smallest absolute Gasteiger partial charge is 0.236 e. The highest BCUT2D eigenvalue weighted by Gasteiger charge is 2.22. The minimum absolute atomic E-state index is 0.176. The normalized spacial score (nSPS) is 14.8. The molecule has 0 atom stereocenters. The molecule has 6 heteroatoms. The van der Waals surface area contributed by atoms with E-state index in [0.717, 1.165) is 44.0 Å². The number of carbonyl (C=O) groups excluding carboxylic acids is 1. The van der Waals surface area contributed by atoms with Crippen molar-refractivity contribution in [1.82, 2.24) is 14.7 Å². The summed E-state index contributed by atoms with van der Waals surface area (Å²) in [4.78, 5) is 19.2. The van der Waals surface area contributed by atoms with Gasteiger partial charge in [-0.05, 0) is 25.6 Å². The third-order valence-corrected chi connectivity index (χ3v) is 5.54. The van der Waals surface area contributed by atoms with Crippen molar-refractivity contribution in [2.45, 2.75) is 20.0 Å². The van der Waals surface area contributed by atoms with Gasteiger partial charge in [-0.2, -0.15) is 0 Å². The number of para-hydroxylation sites is 1. The third kappa shape index (κ3) is 5.74. The van der Waals surface area contributed by atoms with Gasteiger partial charge in [0.15, 0.2) is 11.5 Å². The van der Waals surface area contributed by atoms with Crippen molar-refractivity contribution in [1.29, 1.82) is 0 Å². The molecule has 6 nitrogen and oxygen atoms in total. The maximum Gasteiger partial charge on any atom is 0.236 e. The average molecular weight is 412 g/mol. The lowest BCUT2D eigenvalue weighted by Gasteiger charge is -2.35. The Balaban J connectivity index is 1.49. The fourth-order valence-corrected chi connectivity index (χ4v) is 3.98. The summed E-state index contributed by atoms with van der Waals surface area (Å²) in [5.41, 5.74) is 3.63. The van der Waals surface area contributed by atoms with E-state index in [1.165, 1.54) is 11.1 Å². The zero-order valence-electron chi connectivity index (χ0n) is 18.6. The summed E-state index contributed by atoms with van der Waals surface area (Å²) in [6, 6.07) is 14.5. The number of methoxy groups -OCH3 is 2. The first-order valence-corrected chi connectivity index (χ1v) is 10.4. The molecular formula is C24H33N3O3. The van der Waals surface area contributed by atoms with Gasteiger partial charge in [0.2, 0.25) is 5.91 Å². The molecule has 1 aliphatic heterocycles. The molecule has 1 aliphatic rings. The molecule has 1 heterocycles. The van der Waals surface area contributed by atoms with Gasteiger partial charge in [0.1, 0.15) is 0 Å². The van der Waals surface area contributed by atoms with E-state index < -0.39 is 0 Å². The van der Waals surface area contributed by atoms with Crippen LogP contribution in [-0.4, -0.2) is 74.6 Å². The van der Waals surface area contributed by atoms with Crippen molar-refractivity contribution in [3.63, 3.8) is 0 Å². The van der Waals surface area contributed by atoms with Crippen LogP contribution in [0.3, 0.4) is 0 Å². The maximum atomic E-state index is 12.8. The lowest BCUT2D eigenvalue weighted by molar-refractivity contribution is -0.134. The summed E-state index contributed by atoms with van der Waals surface area (Å²) in [5, 5.41) is 0. The van der Waals surface area contributed by atoms with Crippen molar-refractivity contribution in [3.8, 4) is 11.5 Å². The lowest BCUT2D eigenvalue weighted by atomic mass is 10.1. The molecule has 1 fully saturated rings. The Morgan fingerprint density at radius 2 is 1.77 bits per heavy atom. The zero-order valence-corrected chi connectivity index (χ0v) is 18.6. The number of amides is 1. The molecule has 1 amide bonds. The van der Waals surface area contributed by atoms with E-state index in [9.17, 15) is 4.79 Å². The van der Waals surface area contributed by atoms with Crippen LogP contribution in [-0.2, 0) is 17.9 Å². The average Bonchev–Trinajstić information content (AvgIpc) is 2.74. The fraction of sp³-hybridized carbons (Fsp3) is 0.458. The Kier molecular flexibility index (Phi) is 7.71. The molecule has 0 spiro atoms. The molecule has 0 N–H and O–H groups in total. The molecule has 1 saturated heterocycles. The molecule has 162 valence electrons. The summed E-state index contributed by atoms with van der Waals surface area (Å²) in [7, 11) is 5.24. The first-order chi connectivity index (χ1) is 14.5. The summed E-state index contributed by atoms with van der Waals surface area (Å²) in [6.07, 6.45) is 0. The second-order valence-corrected chi connectivity index (χ2v) is 7.97. The highest BCUT2D eigenvalue weighted by molar-refractivity contribution is 5.78. The monoisotopic (exact) mass is 411 g/mol. The predicted molar refractivity (Wildman–Crippen MR) is 119 cm³/mol. The van der Waals surface area contributed by atoms with Gasteiger partial charge in [-0.1, -0.05) is 42.0 Å². The van der Waals surface area contributed by atoms with Crippen LogP contribution in [0.15, 0.2) is 42.5 Å². The maximum absolute atomic E-state index is 12.8. The number of aryl methyl sites for hydroxylation is 1. The van der Waals surface area contributed by atoms with Crippen molar-refractivity contribution in [3.05, 3.63) is 59.2 Å². The second-order valence-electron chi connectivity index (χ2n) is 7.97. The number of nitrogens with zero attached hydrogens (tertiary/aromatic N) is 3. The Morgan fingerprint density at radius 3 is 2.43 bits per heavy atom. The molecule has 2 aromatic carbocycles. The molecule has 0 aliphatic carbocycles. The molecule has 0 radical (unpaired) electrons. The summed E-state index contributed by atoms with van der Waals surface area (Å²) in [6.45, 7) is 7.46. The number of rotatable bonds is 8. The van der Waals surface area contributed by atoms with Crippen LogP contribution in [0.25, 0.3) is 0 Å². The Hall–Kier alpha value is -2.57. The Bertz CT molecular complexity index is 847. The van der Waals surface area contributed by atoms with Crippen LogP contribution < -0.4 is 9.47 Å². The summed E-state index contributed by atoms with van der Waals surface area (Å²) < 4.78 is 10.9. The van der Waals surface area contributed by atoms with Gasteiger partial charge in [-0.15, -0.1) is 0 Å². The molecule has 0 bridgehead atoms. The molecule has 30 heavy (non-hydrogen) atoms. The molecule has 0 aromatic heterocycles. The van der Waals surface area contributed by atoms with Gasteiger partial charge < -0.3 is 14.4 Å². The van der Waals surface area contributed by atoms with Gasteiger partial charge in [0.05, 0.1) is 20.8 Å². The van der Waals surface area contributed by atoms with E-state index in [4.69, 9.17) is 9.47 Å². The minimum atomic E-state index is 0.176. The first kappa shape index (κ1) is 22.1. The Morgan fingerprint density at radius 1 is 1.03 bits per heavy atom. The highest BCUT2D eigenvalue weighted by Crippen LogP contribution is 2.31. The van der Waals surface area contributed by atoms with Crippen LogP contribution >= 0.6 is 0 Å². The molecule has 0 saturated carbocycles. The third-order valence-electron chi connectivity index (χ3n) is 5.54. The van der Waals surface area contributed by atoms with Crippen LogP contribution in [0.5, 0.6) is 11.5 Å². The van der Waals surface area contributed by atoms with E-state index in [1.54, 1.807) is 14.2 Å².